The third kappa shape index (κ3) is 3.01. The lowest BCUT2D eigenvalue weighted by Crippen LogP contribution is -2.15. The van der Waals surface area contributed by atoms with Crippen LogP contribution >= 0.6 is 27.7 Å². The van der Waals surface area contributed by atoms with Gasteiger partial charge in [-0.1, -0.05) is 27.7 Å². The third-order valence-corrected chi connectivity index (χ3v) is 4.27. The van der Waals surface area contributed by atoms with Gasteiger partial charge < -0.3 is 9.47 Å². The molecular weight excluding hydrogens is 328 g/mol. The van der Waals surface area contributed by atoms with E-state index in [2.05, 4.69) is 25.9 Å². The van der Waals surface area contributed by atoms with Gasteiger partial charge in [0.15, 0.2) is 16.7 Å². The molecular formula is C13H11BrN2O2S. The Hall–Kier alpha value is -1.27. The second-order valence-electron chi connectivity index (χ2n) is 3.91. The fourth-order valence-corrected chi connectivity index (χ4v) is 3.16. The average molecular weight is 339 g/mol. The van der Waals surface area contributed by atoms with Gasteiger partial charge in [0, 0.05) is 22.6 Å². The van der Waals surface area contributed by atoms with Crippen molar-refractivity contribution in [3.8, 4) is 11.5 Å². The number of nitrogens with zero attached hydrogens (tertiary/aromatic N) is 2. The molecule has 0 saturated heterocycles. The Morgan fingerprint density at radius 3 is 2.53 bits per heavy atom. The summed E-state index contributed by atoms with van der Waals surface area (Å²) < 4.78 is 12.1. The molecule has 6 heteroatoms. The molecule has 1 aromatic carbocycles. The minimum atomic E-state index is 0.600. The summed E-state index contributed by atoms with van der Waals surface area (Å²) in [6.45, 7) is 1.20. The number of thioether (sulfide) groups is 1. The van der Waals surface area contributed by atoms with Crippen LogP contribution in [-0.2, 0) is 5.75 Å². The van der Waals surface area contributed by atoms with Gasteiger partial charge in [-0.3, -0.25) is 0 Å². The monoisotopic (exact) mass is 338 g/mol. The van der Waals surface area contributed by atoms with Crippen LogP contribution in [-0.4, -0.2) is 23.2 Å². The van der Waals surface area contributed by atoms with Crippen LogP contribution in [0.3, 0.4) is 0 Å². The van der Waals surface area contributed by atoms with Crippen molar-refractivity contribution in [3.63, 3.8) is 0 Å². The molecule has 2 heterocycles. The molecule has 0 aliphatic carbocycles. The Morgan fingerprint density at radius 2 is 1.79 bits per heavy atom. The molecule has 2 aromatic rings. The van der Waals surface area contributed by atoms with Crippen molar-refractivity contribution in [3.05, 3.63) is 40.6 Å². The van der Waals surface area contributed by atoms with Crippen molar-refractivity contribution in [2.45, 2.75) is 10.9 Å². The molecule has 19 heavy (non-hydrogen) atoms. The van der Waals surface area contributed by atoms with E-state index in [9.17, 15) is 0 Å². The van der Waals surface area contributed by atoms with Crippen LogP contribution in [0.1, 0.15) is 5.56 Å². The van der Waals surface area contributed by atoms with E-state index >= 15 is 0 Å². The van der Waals surface area contributed by atoms with E-state index in [4.69, 9.17) is 9.47 Å². The molecule has 1 aromatic heterocycles. The Balaban J connectivity index is 1.77. The van der Waals surface area contributed by atoms with Crippen molar-refractivity contribution >= 4 is 27.7 Å². The fraction of sp³-hybridized carbons (Fsp3) is 0.231. The maximum absolute atomic E-state index is 5.58. The van der Waals surface area contributed by atoms with Gasteiger partial charge in [-0.15, -0.1) is 0 Å². The standard InChI is InChI=1S/C13H11BrN2O2S/c14-10-7-12-11(17-4-5-18-12)6-9(10)8-19-13-15-2-1-3-16-13/h1-3,6-7H,4-5,8H2. The number of fused-ring (bicyclic) bond motifs is 1. The molecule has 0 amide bonds. The number of ether oxygens (including phenoxy) is 2. The fourth-order valence-electron chi connectivity index (χ4n) is 1.72. The van der Waals surface area contributed by atoms with Gasteiger partial charge in [0.25, 0.3) is 0 Å². The zero-order valence-electron chi connectivity index (χ0n) is 10.0. The molecule has 1 aliphatic rings. The van der Waals surface area contributed by atoms with Crippen molar-refractivity contribution in [2.75, 3.05) is 13.2 Å². The van der Waals surface area contributed by atoms with E-state index in [1.807, 2.05) is 18.2 Å². The number of aromatic nitrogens is 2. The molecule has 1 aliphatic heterocycles. The summed E-state index contributed by atoms with van der Waals surface area (Å²) in [5.74, 6) is 2.38. The predicted octanol–water partition coefficient (Wildman–Crippen LogP) is 3.30. The summed E-state index contributed by atoms with van der Waals surface area (Å²) in [6.07, 6.45) is 3.49. The number of hydrogen-bond acceptors (Lipinski definition) is 5. The van der Waals surface area contributed by atoms with Gasteiger partial charge in [0.05, 0.1) is 0 Å². The minimum absolute atomic E-state index is 0.600. The van der Waals surface area contributed by atoms with E-state index in [1.54, 1.807) is 24.2 Å². The molecule has 0 bridgehead atoms. The molecule has 0 N–H and O–H groups in total. The maximum atomic E-state index is 5.58. The first kappa shape index (κ1) is 12.7. The molecule has 4 nitrogen and oxygen atoms in total. The lowest BCUT2D eigenvalue weighted by Gasteiger charge is -2.19. The minimum Gasteiger partial charge on any atom is -0.486 e. The Bertz CT molecular complexity index is 580. The number of benzene rings is 1. The quantitative estimate of drug-likeness (QED) is 0.634. The maximum Gasteiger partial charge on any atom is 0.187 e. The van der Waals surface area contributed by atoms with Crippen LogP contribution in [0.4, 0.5) is 0 Å². The van der Waals surface area contributed by atoms with E-state index < -0.39 is 0 Å². The van der Waals surface area contributed by atoms with Crippen molar-refractivity contribution < 1.29 is 9.47 Å². The Morgan fingerprint density at radius 1 is 1.11 bits per heavy atom. The normalized spacial score (nSPS) is 13.3. The van der Waals surface area contributed by atoms with Crippen molar-refractivity contribution in [1.29, 1.82) is 0 Å². The van der Waals surface area contributed by atoms with Gasteiger partial charge in [-0.2, -0.15) is 0 Å². The van der Waals surface area contributed by atoms with Gasteiger partial charge in [-0.25, -0.2) is 9.97 Å². The topological polar surface area (TPSA) is 44.2 Å². The zero-order chi connectivity index (χ0) is 13.1. The molecule has 0 radical (unpaired) electrons. The molecule has 0 fully saturated rings. The lowest BCUT2D eigenvalue weighted by molar-refractivity contribution is 0.171. The van der Waals surface area contributed by atoms with Gasteiger partial charge in [0.2, 0.25) is 0 Å². The van der Waals surface area contributed by atoms with Crippen LogP contribution in [0.15, 0.2) is 40.2 Å². The van der Waals surface area contributed by atoms with Gasteiger partial charge in [-0.05, 0) is 23.8 Å². The summed E-state index contributed by atoms with van der Waals surface area (Å²) in [6, 6.07) is 5.77. The predicted molar refractivity (Wildman–Crippen MR) is 76.7 cm³/mol. The number of hydrogen-bond donors (Lipinski definition) is 0. The van der Waals surface area contributed by atoms with Crippen LogP contribution in [0, 0.1) is 0 Å². The summed E-state index contributed by atoms with van der Waals surface area (Å²) in [7, 11) is 0. The molecule has 0 spiro atoms. The van der Waals surface area contributed by atoms with Crippen molar-refractivity contribution in [1.82, 2.24) is 9.97 Å². The van der Waals surface area contributed by atoms with E-state index in [0.29, 0.717) is 13.2 Å². The Kier molecular flexibility index (Phi) is 3.89. The summed E-state index contributed by atoms with van der Waals surface area (Å²) >= 11 is 5.15. The second kappa shape index (κ2) is 5.79. The first-order valence-electron chi connectivity index (χ1n) is 5.81. The Labute approximate surface area is 123 Å². The van der Waals surface area contributed by atoms with Crippen LogP contribution < -0.4 is 9.47 Å². The zero-order valence-corrected chi connectivity index (χ0v) is 12.4. The highest BCUT2D eigenvalue weighted by Gasteiger charge is 2.15. The van der Waals surface area contributed by atoms with E-state index in [1.165, 1.54) is 0 Å². The second-order valence-corrected chi connectivity index (χ2v) is 5.70. The van der Waals surface area contributed by atoms with Gasteiger partial charge in [0.1, 0.15) is 13.2 Å². The summed E-state index contributed by atoms with van der Waals surface area (Å²) in [5.41, 5.74) is 1.14. The highest BCUT2D eigenvalue weighted by Crippen LogP contribution is 2.37. The average Bonchev–Trinajstić information content (AvgIpc) is 2.46. The molecule has 0 unspecified atom stereocenters. The number of halogens is 1. The molecule has 98 valence electrons. The first-order valence-corrected chi connectivity index (χ1v) is 7.58. The first-order chi connectivity index (χ1) is 9.33. The third-order valence-electron chi connectivity index (χ3n) is 2.61. The summed E-state index contributed by atoms with van der Waals surface area (Å²) in [4.78, 5) is 8.38. The SMILES string of the molecule is Brc1cc2c(cc1CSc1ncccn1)OCCO2. The lowest BCUT2D eigenvalue weighted by atomic mass is 10.2. The number of rotatable bonds is 3. The van der Waals surface area contributed by atoms with E-state index in [-0.39, 0.29) is 0 Å². The highest BCUT2D eigenvalue weighted by atomic mass is 79.9. The molecule has 0 saturated carbocycles. The van der Waals surface area contributed by atoms with Crippen molar-refractivity contribution in [2.24, 2.45) is 0 Å². The highest BCUT2D eigenvalue weighted by molar-refractivity contribution is 9.10. The van der Waals surface area contributed by atoms with Crippen LogP contribution in [0.2, 0.25) is 0 Å². The molecule has 0 atom stereocenters. The molecule has 3 rings (SSSR count). The largest absolute Gasteiger partial charge is 0.486 e. The van der Waals surface area contributed by atoms with E-state index in [0.717, 1.165) is 32.4 Å². The van der Waals surface area contributed by atoms with Gasteiger partial charge >= 0.3 is 0 Å². The van der Waals surface area contributed by atoms with Crippen LogP contribution in [0.25, 0.3) is 0 Å². The van der Waals surface area contributed by atoms with Crippen LogP contribution in [0.5, 0.6) is 11.5 Å². The summed E-state index contributed by atoms with van der Waals surface area (Å²) in [5, 5.41) is 0.768. The smallest absolute Gasteiger partial charge is 0.187 e.